The molecule has 0 aromatic carbocycles. The van der Waals surface area contributed by atoms with Gasteiger partial charge in [-0.05, 0) is 0 Å². The highest BCUT2D eigenvalue weighted by Crippen LogP contribution is 2.36. The Morgan fingerprint density at radius 2 is 2.05 bits per heavy atom. The van der Waals surface area contributed by atoms with Crippen molar-refractivity contribution in [2.24, 2.45) is 0 Å². The summed E-state index contributed by atoms with van der Waals surface area (Å²) in [5.41, 5.74) is 1.63. The number of aromatic amines is 1. The summed E-state index contributed by atoms with van der Waals surface area (Å²) in [6.07, 6.45) is -2.52. The number of nitrogens with one attached hydrogen (secondary N) is 1. The molecule has 9 heteroatoms. The average molecular weight is 326 g/mol. The van der Waals surface area contributed by atoms with E-state index < -0.39 is 24.4 Å². The number of hydrogen-bond acceptors (Lipinski definition) is 8. The minimum absolute atomic E-state index is 0.340. The average Bonchev–Trinajstić information content (AvgIpc) is 3.02. The molecule has 0 amide bonds. The Kier molecular flexibility index (Phi) is 4.33. The van der Waals surface area contributed by atoms with E-state index in [0.717, 1.165) is 5.03 Å². The molecule has 2 aromatic heterocycles. The van der Waals surface area contributed by atoms with E-state index in [9.17, 15) is 15.3 Å². The minimum Gasteiger partial charge on any atom is -0.394 e. The van der Waals surface area contributed by atoms with Gasteiger partial charge >= 0.3 is 0 Å². The molecule has 0 radical (unpaired) electrons. The molecule has 1 aliphatic rings. The van der Waals surface area contributed by atoms with Gasteiger partial charge in [-0.2, -0.15) is 5.10 Å². The number of aliphatic hydroxyl groups is 3. The first kappa shape index (κ1) is 15.6. The first-order valence-electron chi connectivity index (χ1n) is 7.01. The van der Waals surface area contributed by atoms with Gasteiger partial charge in [-0.1, -0.05) is 13.8 Å². The third-order valence-electron chi connectivity index (χ3n) is 3.51. The van der Waals surface area contributed by atoms with E-state index in [-0.39, 0.29) is 6.61 Å². The molecular formula is C13H18N4O4S. The molecule has 0 saturated carbocycles. The highest BCUT2D eigenvalue weighted by atomic mass is 32.2. The summed E-state index contributed by atoms with van der Waals surface area (Å²) in [7, 11) is 0. The Hall–Kier alpha value is -1.26. The Morgan fingerprint density at radius 1 is 1.27 bits per heavy atom. The van der Waals surface area contributed by atoms with Crippen molar-refractivity contribution in [1.82, 2.24) is 20.2 Å². The van der Waals surface area contributed by atoms with Gasteiger partial charge in [0.05, 0.1) is 12.3 Å². The van der Waals surface area contributed by atoms with Gasteiger partial charge in [0.25, 0.3) is 0 Å². The summed E-state index contributed by atoms with van der Waals surface area (Å²) in [5, 5.41) is 37.3. The van der Waals surface area contributed by atoms with Crippen molar-refractivity contribution in [1.29, 1.82) is 0 Å². The smallest absolute Gasteiger partial charge is 0.143 e. The molecule has 1 aliphatic heterocycles. The lowest BCUT2D eigenvalue weighted by molar-refractivity contribution is -0.0236. The number of H-pyrrole nitrogens is 1. The zero-order chi connectivity index (χ0) is 15.9. The lowest BCUT2D eigenvalue weighted by Crippen LogP contribution is -2.32. The zero-order valence-corrected chi connectivity index (χ0v) is 13.0. The van der Waals surface area contributed by atoms with Crippen LogP contribution in [0.4, 0.5) is 0 Å². The molecule has 22 heavy (non-hydrogen) atoms. The maximum Gasteiger partial charge on any atom is 0.143 e. The molecule has 8 nitrogen and oxygen atoms in total. The fourth-order valence-corrected chi connectivity index (χ4v) is 3.28. The summed E-state index contributed by atoms with van der Waals surface area (Å²) < 4.78 is 5.52. The Balaban J connectivity index is 1.99. The molecule has 1 saturated heterocycles. The van der Waals surface area contributed by atoms with Crippen LogP contribution in [0.25, 0.3) is 11.0 Å². The van der Waals surface area contributed by atoms with Gasteiger partial charge in [-0.25, -0.2) is 9.97 Å². The summed E-state index contributed by atoms with van der Waals surface area (Å²) in [6, 6.07) is 0. The van der Waals surface area contributed by atoms with Crippen molar-refractivity contribution >= 4 is 22.8 Å². The molecule has 3 rings (SSSR count). The van der Waals surface area contributed by atoms with Crippen LogP contribution in [0.5, 0.6) is 0 Å². The van der Waals surface area contributed by atoms with E-state index in [1.807, 2.05) is 0 Å². The Morgan fingerprint density at radius 3 is 2.68 bits per heavy atom. The van der Waals surface area contributed by atoms with Gasteiger partial charge in [-0.15, -0.1) is 11.8 Å². The topological polar surface area (TPSA) is 124 Å². The SMILES string of the molecule is CC(C)Sc1ncnc2c([C@@H]3O[C@H](CO)[C@@H](O)[C@H]3O)[nH]nc12. The molecule has 0 aliphatic carbocycles. The summed E-state index contributed by atoms with van der Waals surface area (Å²) in [6.45, 7) is 3.74. The van der Waals surface area contributed by atoms with Crippen molar-refractivity contribution in [3.63, 3.8) is 0 Å². The Labute approximate surface area is 130 Å². The second-order valence-corrected chi connectivity index (χ2v) is 7.00. The van der Waals surface area contributed by atoms with Crippen molar-refractivity contribution in [3.8, 4) is 0 Å². The standard InChI is InChI=1S/C13H18N4O4S/c1-5(2)22-13-9-7(14-4-15-13)8(16-17-9)12-11(20)10(19)6(3-18)21-12/h4-6,10-12,18-20H,3H2,1-2H3,(H,16,17)/t6-,10-,11-,12+/m1/s1. The zero-order valence-electron chi connectivity index (χ0n) is 12.2. The highest BCUT2D eigenvalue weighted by Gasteiger charge is 2.44. The van der Waals surface area contributed by atoms with Crippen molar-refractivity contribution in [2.75, 3.05) is 6.61 Å². The fraction of sp³-hybridized carbons (Fsp3) is 0.615. The molecule has 120 valence electrons. The summed E-state index contributed by atoms with van der Waals surface area (Å²) >= 11 is 1.56. The minimum atomic E-state index is -1.16. The number of fused-ring (bicyclic) bond motifs is 1. The van der Waals surface area contributed by atoms with Crippen LogP contribution >= 0.6 is 11.8 Å². The second kappa shape index (κ2) is 6.09. The normalized spacial score (nSPS) is 28.8. The van der Waals surface area contributed by atoms with E-state index in [1.165, 1.54) is 6.33 Å². The van der Waals surface area contributed by atoms with Crippen LogP contribution in [0.15, 0.2) is 11.4 Å². The van der Waals surface area contributed by atoms with Crippen LogP contribution < -0.4 is 0 Å². The number of rotatable bonds is 4. The van der Waals surface area contributed by atoms with E-state index in [0.29, 0.717) is 22.0 Å². The number of aromatic nitrogens is 4. The molecule has 1 fully saturated rings. The van der Waals surface area contributed by atoms with Gasteiger partial charge in [0.15, 0.2) is 0 Å². The quantitative estimate of drug-likeness (QED) is 0.457. The largest absolute Gasteiger partial charge is 0.394 e. The van der Waals surface area contributed by atoms with Gasteiger partial charge in [-0.3, -0.25) is 5.10 Å². The maximum atomic E-state index is 10.1. The van der Waals surface area contributed by atoms with Gasteiger partial charge in [0.2, 0.25) is 0 Å². The monoisotopic (exact) mass is 326 g/mol. The van der Waals surface area contributed by atoms with Gasteiger partial charge in [0, 0.05) is 5.25 Å². The van der Waals surface area contributed by atoms with Gasteiger partial charge in [0.1, 0.15) is 46.8 Å². The Bertz CT molecular complexity index is 665. The molecule has 3 heterocycles. The van der Waals surface area contributed by atoms with Crippen LogP contribution in [0, 0.1) is 0 Å². The first-order valence-corrected chi connectivity index (χ1v) is 7.89. The van der Waals surface area contributed by atoms with Crippen LogP contribution in [-0.4, -0.2) is 65.7 Å². The van der Waals surface area contributed by atoms with E-state index in [2.05, 4.69) is 34.0 Å². The lowest BCUT2D eigenvalue weighted by atomic mass is 10.1. The summed E-state index contributed by atoms with van der Waals surface area (Å²) in [4.78, 5) is 8.44. The number of ether oxygens (including phenoxy) is 1. The van der Waals surface area contributed by atoms with Crippen LogP contribution in [-0.2, 0) is 4.74 Å². The van der Waals surface area contributed by atoms with Crippen molar-refractivity contribution in [3.05, 3.63) is 12.0 Å². The lowest BCUT2D eigenvalue weighted by Gasteiger charge is -2.12. The molecule has 0 unspecified atom stereocenters. The molecule has 0 bridgehead atoms. The predicted molar refractivity (Wildman–Crippen MR) is 79.4 cm³/mol. The summed E-state index contributed by atoms with van der Waals surface area (Å²) in [5.74, 6) is 0. The first-order chi connectivity index (χ1) is 10.5. The van der Waals surface area contributed by atoms with Crippen molar-refractivity contribution < 1.29 is 20.1 Å². The van der Waals surface area contributed by atoms with Crippen molar-refractivity contribution in [2.45, 2.75) is 48.5 Å². The van der Waals surface area contributed by atoms with E-state index >= 15 is 0 Å². The number of hydrogen-bond donors (Lipinski definition) is 4. The molecule has 4 atom stereocenters. The van der Waals surface area contributed by atoms with Crippen LogP contribution in [0.2, 0.25) is 0 Å². The van der Waals surface area contributed by atoms with Crippen LogP contribution in [0.1, 0.15) is 25.6 Å². The molecule has 2 aromatic rings. The van der Waals surface area contributed by atoms with Crippen LogP contribution in [0.3, 0.4) is 0 Å². The van der Waals surface area contributed by atoms with E-state index in [1.54, 1.807) is 11.8 Å². The number of aliphatic hydroxyl groups excluding tert-OH is 3. The molecule has 0 spiro atoms. The molecular weight excluding hydrogens is 308 g/mol. The highest BCUT2D eigenvalue weighted by molar-refractivity contribution is 8.00. The third kappa shape index (κ3) is 2.59. The third-order valence-corrected chi connectivity index (χ3v) is 4.50. The van der Waals surface area contributed by atoms with E-state index in [4.69, 9.17) is 4.74 Å². The predicted octanol–water partition coefficient (Wildman–Crippen LogP) is 0.00740. The number of nitrogens with zero attached hydrogens (tertiary/aromatic N) is 3. The fourth-order valence-electron chi connectivity index (χ4n) is 2.48. The number of thioether (sulfide) groups is 1. The maximum absolute atomic E-state index is 10.1. The molecule has 4 N–H and O–H groups in total. The van der Waals surface area contributed by atoms with Gasteiger partial charge < -0.3 is 20.1 Å². The second-order valence-electron chi connectivity index (χ2n) is 5.44.